The molecule has 0 bridgehead atoms. The highest BCUT2D eigenvalue weighted by molar-refractivity contribution is 8.14. The van der Waals surface area contributed by atoms with E-state index in [0.29, 0.717) is 0 Å². The van der Waals surface area contributed by atoms with E-state index >= 15 is 0 Å². The van der Waals surface area contributed by atoms with Crippen LogP contribution in [0.3, 0.4) is 0 Å². The molecule has 0 N–H and O–H groups in total. The second kappa shape index (κ2) is 5.21. The van der Waals surface area contributed by atoms with Crippen molar-refractivity contribution in [1.82, 2.24) is 0 Å². The van der Waals surface area contributed by atoms with Crippen LogP contribution >= 0.6 is 11.8 Å². The van der Waals surface area contributed by atoms with E-state index in [1.807, 2.05) is 53.4 Å². The van der Waals surface area contributed by atoms with Crippen molar-refractivity contribution in [2.24, 2.45) is 4.99 Å². The third-order valence-electron chi connectivity index (χ3n) is 3.54. The Bertz CT molecular complexity index is 873. The predicted octanol–water partition coefficient (Wildman–Crippen LogP) is 4.42. The quantitative estimate of drug-likeness (QED) is 0.732. The largest absolute Gasteiger partial charge is 0.287 e. The smallest absolute Gasteiger partial charge is 0.178 e. The second-order valence-electron chi connectivity index (χ2n) is 4.89. The van der Waals surface area contributed by atoms with E-state index in [-0.39, 0.29) is 0 Å². The van der Waals surface area contributed by atoms with Crippen molar-refractivity contribution in [2.75, 3.05) is 4.90 Å². The number of allylic oxidation sites excluding steroid dienone is 2. The van der Waals surface area contributed by atoms with E-state index in [1.54, 1.807) is 17.8 Å². The molecule has 2 aliphatic rings. The third-order valence-corrected chi connectivity index (χ3v) is 4.56. The van der Waals surface area contributed by atoms with E-state index < -0.39 is 0 Å². The fourth-order valence-electron chi connectivity index (χ4n) is 2.57. The molecule has 0 aromatic heterocycles. The van der Waals surface area contributed by atoms with Crippen LogP contribution in [0.15, 0.2) is 82.3 Å². The van der Waals surface area contributed by atoms with Gasteiger partial charge < -0.3 is 0 Å². The number of benzene rings is 2. The Balaban J connectivity index is 1.86. The van der Waals surface area contributed by atoms with Gasteiger partial charge in [0.1, 0.15) is 0 Å². The van der Waals surface area contributed by atoms with Gasteiger partial charge in [-0.25, -0.2) is 4.99 Å². The van der Waals surface area contributed by atoms with E-state index in [9.17, 15) is 0 Å². The summed E-state index contributed by atoms with van der Waals surface area (Å²) in [5, 5.41) is 10.0. The van der Waals surface area contributed by atoms with Crippen LogP contribution < -0.4 is 4.90 Å². The number of nitrogens with zero attached hydrogens (tertiary/aromatic N) is 3. The lowest BCUT2D eigenvalue weighted by atomic mass is 10.1. The molecule has 0 radical (unpaired) electrons. The Morgan fingerprint density at radius 1 is 1.05 bits per heavy atom. The highest BCUT2D eigenvalue weighted by Gasteiger charge is 2.31. The maximum absolute atomic E-state index is 9.11. The van der Waals surface area contributed by atoms with Crippen LogP contribution in [0.4, 0.5) is 5.69 Å². The van der Waals surface area contributed by atoms with Crippen LogP contribution in [0.1, 0.15) is 5.56 Å². The van der Waals surface area contributed by atoms with Gasteiger partial charge in [0.2, 0.25) is 0 Å². The van der Waals surface area contributed by atoms with Crippen LogP contribution in [0.25, 0.3) is 5.70 Å². The summed E-state index contributed by atoms with van der Waals surface area (Å²) in [5.74, 6) is 0. The van der Waals surface area contributed by atoms with Gasteiger partial charge in [-0.05, 0) is 30.0 Å². The molecule has 0 aliphatic carbocycles. The molecular weight excluding hydrogens is 290 g/mol. The van der Waals surface area contributed by atoms with Gasteiger partial charge in [-0.3, -0.25) is 4.90 Å². The Labute approximate surface area is 132 Å². The summed E-state index contributed by atoms with van der Waals surface area (Å²) < 4.78 is 0. The number of fused-ring (bicyclic) bond motifs is 3. The van der Waals surface area contributed by atoms with E-state index in [2.05, 4.69) is 18.2 Å². The molecule has 0 saturated heterocycles. The molecule has 0 unspecified atom stereocenters. The zero-order valence-electron chi connectivity index (χ0n) is 11.6. The van der Waals surface area contributed by atoms with Crippen molar-refractivity contribution in [2.45, 2.75) is 4.90 Å². The van der Waals surface area contributed by atoms with Crippen LogP contribution in [0, 0.1) is 11.3 Å². The number of nitriles is 1. The molecule has 0 spiro atoms. The second-order valence-corrected chi connectivity index (χ2v) is 5.90. The zero-order chi connectivity index (χ0) is 14.9. The molecule has 0 saturated carbocycles. The molecule has 4 rings (SSSR count). The zero-order valence-corrected chi connectivity index (χ0v) is 12.4. The molecule has 22 heavy (non-hydrogen) atoms. The number of anilines is 1. The molecule has 0 amide bonds. The first kappa shape index (κ1) is 12.9. The molecule has 3 nitrogen and oxygen atoms in total. The number of hydrogen-bond acceptors (Lipinski definition) is 4. The summed E-state index contributed by atoms with van der Waals surface area (Å²) in [4.78, 5) is 7.98. The van der Waals surface area contributed by atoms with E-state index in [0.717, 1.165) is 32.7 Å². The lowest BCUT2D eigenvalue weighted by Gasteiger charge is -2.24. The first-order chi connectivity index (χ1) is 10.9. The molecule has 2 aromatic carbocycles. The monoisotopic (exact) mass is 301 g/mol. The molecule has 0 atom stereocenters. The maximum atomic E-state index is 9.11. The van der Waals surface area contributed by atoms with Gasteiger partial charge in [-0.2, -0.15) is 5.26 Å². The third kappa shape index (κ3) is 2.03. The molecule has 2 aliphatic heterocycles. The van der Waals surface area contributed by atoms with Crippen molar-refractivity contribution in [3.05, 3.63) is 78.0 Å². The number of hydrogen-bond donors (Lipinski definition) is 0. The van der Waals surface area contributed by atoms with Gasteiger partial charge in [0.15, 0.2) is 5.17 Å². The molecule has 4 heteroatoms. The first-order valence-electron chi connectivity index (χ1n) is 6.89. The van der Waals surface area contributed by atoms with Gasteiger partial charge >= 0.3 is 0 Å². The standard InChI is InChI=1S/C18H11N3S/c19-11-10-14-12-15(13-6-2-1-3-7-13)20-18-21(14)16-8-4-5-9-17(16)22-18/h1-10,12H/b14-10+. The average molecular weight is 301 g/mol. The topological polar surface area (TPSA) is 39.4 Å². The fourth-order valence-corrected chi connectivity index (χ4v) is 3.61. The molecule has 0 fully saturated rings. The number of amidine groups is 1. The van der Waals surface area contributed by atoms with Crippen LogP contribution in [0.5, 0.6) is 0 Å². The Kier molecular flexibility index (Phi) is 3.06. The number of para-hydroxylation sites is 1. The van der Waals surface area contributed by atoms with Gasteiger partial charge in [0.25, 0.3) is 0 Å². The molecule has 2 aromatic rings. The number of aliphatic imine (C=N–C) groups is 1. The van der Waals surface area contributed by atoms with Gasteiger partial charge in [0, 0.05) is 16.5 Å². The number of thioether (sulfide) groups is 1. The van der Waals surface area contributed by atoms with Crippen molar-refractivity contribution >= 4 is 28.3 Å². The lowest BCUT2D eigenvalue weighted by Crippen LogP contribution is -2.25. The minimum absolute atomic E-state index is 0.851. The minimum atomic E-state index is 0.851. The fraction of sp³-hybridized carbons (Fsp3) is 0. The molecule has 104 valence electrons. The summed E-state index contributed by atoms with van der Waals surface area (Å²) in [6.45, 7) is 0. The summed E-state index contributed by atoms with van der Waals surface area (Å²) >= 11 is 1.63. The Morgan fingerprint density at radius 3 is 2.64 bits per heavy atom. The van der Waals surface area contributed by atoms with Crippen LogP contribution in [0.2, 0.25) is 0 Å². The summed E-state index contributed by atoms with van der Waals surface area (Å²) in [5.41, 5.74) is 3.86. The highest BCUT2D eigenvalue weighted by atomic mass is 32.2. The van der Waals surface area contributed by atoms with Crippen LogP contribution in [-0.4, -0.2) is 5.17 Å². The summed E-state index contributed by atoms with van der Waals surface area (Å²) in [6.07, 6.45) is 3.53. The number of rotatable bonds is 1. The SMILES string of the molecule is N#C/C=C1\C=C(c2ccccc2)N=C2Sc3ccccc3N21. The summed E-state index contributed by atoms with van der Waals surface area (Å²) in [7, 11) is 0. The van der Waals surface area contributed by atoms with Gasteiger partial charge in [-0.15, -0.1) is 0 Å². The molecule has 2 heterocycles. The lowest BCUT2D eigenvalue weighted by molar-refractivity contribution is 1.22. The molecular formula is C18H11N3S. The normalized spacial score (nSPS) is 17.4. The minimum Gasteiger partial charge on any atom is -0.287 e. The van der Waals surface area contributed by atoms with Crippen molar-refractivity contribution in [1.29, 1.82) is 5.26 Å². The van der Waals surface area contributed by atoms with Crippen molar-refractivity contribution < 1.29 is 0 Å². The van der Waals surface area contributed by atoms with Gasteiger partial charge in [0.05, 0.1) is 23.2 Å². The van der Waals surface area contributed by atoms with Crippen molar-refractivity contribution in [3.63, 3.8) is 0 Å². The highest BCUT2D eigenvalue weighted by Crippen LogP contribution is 2.45. The average Bonchev–Trinajstić information content (AvgIpc) is 2.94. The predicted molar refractivity (Wildman–Crippen MR) is 90.3 cm³/mol. The van der Waals surface area contributed by atoms with E-state index in [1.165, 1.54) is 0 Å². The van der Waals surface area contributed by atoms with E-state index in [4.69, 9.17) is 10.3 Å². The Morgan fingerprint density at radius 2 is 1.82 bits per heavy atom. The summed E-state index contributed by atoms with van der Waals surface area (Å²) in [6, 6.07) is 20.3. The first-order valence-corrected chi connectivity index (χ1v) is 7.71. The van der Waals surface area contributed by atoms with Crippen molar-refractivity contribution in [3.8, 4) is 6.07 Å². The maximum Gasteiger partial charge on any atom is 0.178 e. The van der Waals surface area contributed by atoms with Crippen LogP contribution in [-0.2, 0) is 0 Å². The Hall–Kier alpha value is -2.77. The van der Waals surface area contributed by atoms with Gasteiger partial charge in [-0.1, -0.05) is 42.5 Å².